The second-order valence-electron chi connectivity index (χ2n) is 5.65. The van der Waals surface area contributed by atoms with E-state index < -0.39 is 23.7 Å². The summed E-state index contributed by atoms with van der Waals surface area (Å²) in [6.07, 6.45) is 1.57. The molecule has 27 heavy (non-hydrogen) atoms. The molecule has 1 fully saturated rings. The van der Waals surface area contributed by atoms with Crippen LogP contribution in [0.25, 0.3) is 6.08 Å². The summed E-state index contributed by atoms with van der Waals surface area (Å²) >= 11 is 2.98. The van der Waals surface area contributed by atoms with Gasteiger partial charge in [-0.1, -0.05) is 24.3 Å². The fourth-order valence-corrected chi connectivity index (χ4v) is 3.53. The SMILES string of the molecule is O=C(O)CN1C(=O)S/C(=C/c2ccc(OCc3ccc(I)cc3)cc2)C1=O. The zero-order valence-electron chi connectivity index (χ0n) is 13.9. The minimum Gasteiger partial charge on any atom is -0.489 e. The Bertz CT molecular complexity index is 909. The highest BCUT2D eigenvalue weighted by Crippen LogP contribution is 2.32. The normalized spacial score (nSPS) is 15.4. The van der Waals surface area contributed by atoms with Crippen molar-refractivity contribution in [2.45, 2.75) is 6.61 Å². The maximum Gasteiger partial charge on any atom is 0.323 e. The molecule has 3 rings (SSSR count). The van der Waals surface area contributed by atoms with Gasteiger partial charge in [-0.25, -0.2) is 0 Å². The average molecular weight is 495 g/mol. The average Bonchev–Trinajstić information content (AvgIpc) is 2.89. The number of thioether (sulfide) groups is 1. The fraction of sp³-hybridized carbons (Fsp3) is 0.105. The highest BCUT2D eigenvalue weighted by Gasteiger charge is 2.36. The molecule has 0 unspecified atom stereocenters. The summed E-state index contributed by atoms with van der Waals surface area (Å²) in [5.41, 5.74) is 1.78. The molecule has 138 valence electrons. The molecule has 1 N–H and O–H groups in total. The molecule has 1 saturated heterocycles. The van der Waals surface area contributed by atoms with Crippen molar-refractivity contribution in [1.29, 1.82) is 0 Å². The Morgan fingerprint density at radius 1 is 1.11 bits per heavy atom. The number of rotatable bonds is 6. The smallest absolute Gasteiger partial charge is 0.323 e. The summed E-state index contributed by atoms with van der Waals surface area (Å²) in [6, 6.07) is 15.1. The maximum absolute atomic E-state index is 12.1. The van der Waals surface area contributed by atoms with E-state index >= 15 is 0 Å². The molecular formula is C19H14INO5S. The number of halogens is 1. The molecular weight excluding hydrogens is 481 g/mol. The van der Waals surface area contributed by atoms with E-state index in [-0.39, 0.29) is 4.91 Å². The maximum atomic E-state index is 12.1. The van der Waals surface area contributed by atoms with Crippen LogP contribution in [0, 0.1) is 3.57 Å². The van der Waals surface area contributed by atoms with Gasteiger partial charge in [0.2, 0.25) is 0 Å². The molecule has 0 spiro atoms. The molecule has 0 aliphatic carbocycles. The van der Waals surface area contributed by atoms with E-state index in [2.05, 4.69) is 22.6 Å². The molecule has 2 aromatic rings. The summed E-state index contributed by atoms with van der Waals surface area (Å²) < 4.78 is 6.89. The van der Waals surface area contributed by atoms with Crippen LogP contribution < -0.4 is 4.74 Å². The van der Waals surface area contributed by atoms with E-state index in [9.17, 15) is 14.4 Å². The van der Waals surface area contributed by atoms with E-state index in [0.29, 0.717) is 12.4 Å². The Kier molecular flexibility index (Phi) is 6.17. The Labute approximate surface area is 173 Å². The van der Waals surface area contributed by atoms with E-state index in [1.165, 1.54) is 0 Å². The molecule has 0 aromatic heterocycles. The fourth-order valence-electron chi connectivity index (χ4n) is 2.33. The van der Waals surface area contributed by atoms with Crippen LogP contribution in [0.2, 0.25) is 0 Å². The second kappa shape index (κ2) is 8.57. The van der Waals surface area contributed by atoms with Gasteiger partial charge < -0.3 is 9.84 Å². The van der Waals surface area contributed by atoms with Gasteiger partial charge in [0.1, 0.15) is 18.9 Å². The van der Waals surface area contributed by atoms with Crippen LogP contribution in [0.1, 0.15) is 11.1 Å². The van der Waals surface area contributed by atoms with Gasteiger partial charge in [0.05, 0.1) is 4.91 Å². The number of carboxylic acids is 1. The second-order valence-corrected chi connectivity index (χ2v) is 7.88. The Morgan fingerprint density at radius 2 is 1.78 bits per heavy atom. The summed E-state index contributed by atoms with van der Waals surface area (Å²) in [6.45, 7) is -0.183. The Balaban J connectivity index is 1.64. The van der Waals surface area contributed by atoms with Crippen molar-refractivity contribution in [2.75, 3.05) is 6.54 Å². The Morgan fingerprint density at radius 3 is 2.41 bits per heavy atom. The standard InChI is InChI=1S/C19H14INO5S/c20-14-5-1-13(2-6-14)11-26-15-7-3-12(4-8-15)9-16-18(24)21(10-17(22)23)19(25)27-16/h1-9H,10-11H2,(H,22,23)/b16-9+. The molecule has 2 aromatic carbocycles. The minimum atomic E-state index is -1.23. The van der Waals surface area contributed by atoms with E-state index in [4.69, 9.17) is 9.84 Å². The number of imide groups is 1. The number of aliphatic carboxylic acids is 1. The highest BCUT2D eigenvalue weighted by molar-refractivity contribution is 14.1. The lowest BCUT2D eigenvalue weighted by Crippen LogP contribution is -2.33. The van der Waals surface area contributed by atoms with Gasteiger partial charge in [-0.2, -0.15) is 0 Å². The first-order chi connectivity index (χ1) is 12.9. The summed E-state index contributed by atoms with van der Waals surface area (Å²) in [7, 11) is 0. The van der Waals surface area contributed by atoms with Gasteiger partial charge in [0.15, 0.2) is 0 Å². The van der Waals surface area contributed by atoms with Crippen molar-refractivity contribution >= 4 is 57.5 Å². The highest BCUT2D eigenvalue weighted by atomic mass is 127. The first kappa shape index (κ1) is 19.4. The number of benzene rings is 2. The number of carboxylic acid groups (broad SMARTS) is 1. The summed E-state index contributed by atoms with van der Waals surface area (Å²) in [5.74, 6) is -1.13. The molecule has 0 atom stereocenters. The number of carbonyl (C=O) groups is 3. The van der Waals surface area contributed by atoms with Crippen LogP contribution in [0.15, 0.2) is 53.4 Å². The molecule has 2 amide bonds. The first-order valence-electron chi connectivity index (χ1n) is 7.87. The molecule has 1 aliphatic rings. The lowest BCUT2D eigenvalue weighted by atomic mass is 10.2. The van der Waals surface area contributed by atoms with Gasteiger partial charge in [-0.05, 0) is 75.8 Å². The predicted molar refractivity (Wildman–Crippen MR) is 110 cm³/mol. The van der Waals surface area contributed by atoms with E-state index in [1.54, 1.807) is 30.3 Å². The van der Waals surface area contributed by atoms with Gasteiger partial charge in [-0.15, -0.1) is 0 Å². The molecule has 0 saturated carbocycles. The minimum absolute atomic E-state index is 0.203. The molecule has 1 aliphatic heterocycles. The number of nitrogens with zero attached hydrogens (tertiary/aromatic N) is 1. The van der Waals surface area contributed by atoms with Crippen LogP contribution in [-0.4, -0.2) is 33.7 Å². The molecule has 0 bridgehead atoms. The van der Waals surface area contributed by atoms with E-state index in [0.717, 1.165) is 31.4 Å². The van der Waals surface area contributed by atoms with Gasteiger partial charge in [-0.3, -0.25) is 19.3 Å². The largest absolute Gasteiger partial charge is 0.489 e. The summed E-state index contributed by atoms with van der Waals surface area (Å²) in [5, 5.41) is 8.20. The van der Waals surface area contributed by atoms with Crippen molar-refractivity contribution in [3.63, 3.8) is 0 Å². The van der Waals surface area contributed by atoms with Crippen LogP contribution in [-0.2, 0) is 16.2 Å². The molecule has 6 nitrogen and oxygen atoms in total. The number of ether oxygens (including phenoxy) is 1. The third kappa shape index (κ3) is 5.10. The summed E-state index contributed by atoms with van der Waals surface area (Å²) in [4.78, 5) is 35.6. The molecule has 0 radical (unpaired) electrons. The van der Waals surface area contributed by atoms with Crippen molar-refractivity contribution in [3.8, 4) is 5.75 Å². The van der Waals surface area contributed by atoms with Crippen molar-refractivity contribution in [1.82, 2.24) is 4.90 Å². The number of hydrogen-bond donors (Lipinski definition) is 1. The monoisotopic (exact) mass is 495 g/mol. The predicted octanol–water partition coefficient (Wildman–Crippen LogP) is 3.99. The first-order valence-corrected chi connectivity index (χ1v) is 9.76. The van der Waals surface area contributed by atoms with Gasteiger partial charge in [0.25, 0.3) is 11.1 Å². The third-order valence-electron chi connectivity index (χ3n) is 3.66. The number of amides is 2. The lowest BCUT2D eigenvalue weighted by molar-refractivity contribution is -0.140. The van der Waals surface area contributed by atoms with Crippen LogP contribution in [0.4, 0.5) is 4.79 Å². The van der Waals surface area contributed by atoms with Crippen molar-refractivity contribution in [2.24, 2.45) is 0 Å². The third-order valence-corrected chi connectivity index (χ3v) is 5.29. The van der Waals surface area contributed by atoms with Crippen LogP contribution >= 0.6 is 34.4 Å². The quantitative estimate of drug-likeness (QED) is 0.482. The van der Waals surface area contributed by atoms with Gasteiger partial charge in [0, 0.05) is 3.57 Å². The van der Waals surface area contributed by atoms with Crippen molar-refractivity contribution < 1.29 is 24.2 Å². The lowest BCUT2D eigenvalue weighted by Gasteiger charge is -2.08. The van der Waals surface area contributed by atoms with Crippen molar-refractivity contribution in [3.05, 3.63) is 68.1 Å². The van der Waals surface area contributed by atoms with Crippen LogP contribution in [0.3, 0.4) is 0 Å². The molecule has 8 heteroatoms. The van der Waals surface area contributed by atoms with Crippen LogP contribution in [0.5, 0.6) is 5.75 Å². The zero-order valence-corrected chi connectivity index (χ0v) is 16.9. The Hall–Kier alpha value is -2.33. The molecule has 1 heterocycles. The number of carbonyl (C=O) groups excluding carboxylic acids is 2. The van der Waals surface area contributed by atoms with E-state index in [1.807, 2.05) is 24.3 Å². The number of hydrogen-bond acceptors (Lipinski definition) is 5. The zero-order chi connectivity index (χ0) is 19.4. The van der Waals surface area contributed by atoms with Gasteiger partial charge >= 0.3 is 5.97 Å². The topological polar surface area (TPSA) is 83.9 Å².